The summed E-state index contributed by atoms with van der Waals surface area (Å²) >= 11 is 1.72. The van der Waals surface area contributed by atoms with Crippen LogP contribution in [0, 0.1) is 6.92 Å². The Hall–Kier alpha value is -1.89. The average Bonchev–Trinajstić information content (AvgIpc) is 3.04. The van der Waals surface area contributed by atoms with Gasteiger partial charge in [0.1, 0.15) is 12.1 Å². The molecule has 1 saturated heterocycles. The van der Waals surface area contributed by atoms with Crippen molar-refractivity contribution in [1.29, 1.82) is 0 Å². The maximum atomic E-state index is 12.3. The number of hydrogen-bond donors (Lipinski definition) is 2. The minimum atomic E-state index is 0.00802. The van der Waals surface area contributed by atoms with Crippen LogP contribution in [0.25, 0.3) is 10.2 Å². The van der Waals surface area contributed by atoms with Gasteiger partial charge in [0.05, 0.1) is 10.2 Å². The van der Waals surface area contributed by atoms with Crippen LogP contribution in [0.5, 0.6) is 0 Å². The first-order chi connectivity index (χ1) is 12.7. The van der Waals surface area contributed by atoms with Crippen molar-refractivity contribution in [3.8, 4) is 0 Å². The van der Waals surface area contributed by atoms with Crippen molar-refractivity contribution in [2.24, 2.45) is 0 Å². The topological polar surface area (TPSA) is 70.2 Å². The van der Waals surface area contributed by atoms with Crippen LogP contribution in [0.4, 0.5) is 10.6 Å². The first-order valence-corrected chi connectivity index (χ1v) is 10.6. The lowest BCUT2D eigenvalue weighted by atomic mass is 9.96. The molecular weight excluding hydrogens is 346 g/mol. The van der Waals surface area contributed by atoms with E-state index in [4.69, 9.17) is 0 Å². The molecule has 2 aliphatic rings. The van der Waals surface area contributed by atoms with Crippen LogP contribution in [0.3, 0.4) is 0 Å². The fourth-order valence-electron chi connectivity index (χ4n) is 4.08. The van der Waals surface area contributed by atoms with Gasteiger partial charge in [-0.05, 0) is 43.6 Å². The second-order valence-corrected chi connectivity index (χ2v) is 8.39. The van der Waals surface area contributed by atoms with Crippen LogP contribution >= 0.6 is 11.3 Å². The minimum Gasteiger partial charge on any atom is -0.355 e. The molecule has 0 aromatic carbocycles. The number of hydrogen-bond acceptors (Lipinski definition) is 5. The van der Waals surface area contributed by atoms with Crippen molar-refractivity contribution >= 4 is 33.4 Å². The molecule has 0 bridgehead atoms. The number of nitrogens with one attached hydrogen (secondary N) is 2. The number of carbonyl (C=O) groups is 1. The Morgan fingerprint density at radius 1 is 1.08 bits per heavy atom. The van der Waals surface area contributed by atoms with Gasteiger partial charge in [0.2, 0.25) is 0 Å². The number of piperidine rings is 1. The van der Waals surface area contributed by atoms with Gasteiger partial charge in [0, 0.05) is 25.2 Å². The van der Waals surface area contributed by atoms with Gasteiger partial charge >= 0.3 is 6.03 Å². The van der Waals surface area contributed by atoms with Crippen molar-refractivity contribution in [2.75, 3.05) is 18.0 Å². The van der Waals surface area contributed by atoms with Crippen LogP contribution in [0.2, 0.25) is 0 Å². The fourth-order valence-corrected chi connectivity index (χ4v) is 5.10. The molecule has 1 saturated carbocycles. The molecule has 3 heterocycles. The van der Waals surface area contributed by atoms with E-state index in [0.717, 1.165) is 50.1 Å². The molecule has 0 atom stereocenters. The predicted molar refractivity (Wildman–Crippen MR) is 106 cm³/mol. The Morgan fingerprint density at radius 2 is 1.77 bits per heavy atom. The molecule has 2 fully saturated rings. The van der Waals surface area contributed by atoms with E-state index in [2.05, 4.69) is 37.8 Å². The molecule has 7 heteroatoms. The van der Waals surface area contributed by atoms with Crippen LogP contribution in [-0.4, -0.2) is 41.2 Å². The second-order valence-electron chi connectivity index (χ2n) is 7.51. The molecule has 1 aliphatic carbocycles. The molecule has 2 aromatic heterocycles. The highest BCUT2D eigenvalue weighted by atomic mass is 32.1. The van der Waals surface area contributed by atoms with E-state index < -0.39 is 0 Å². The summed E-state index contributed by atoms with van der Waals surface area (Å²) < 4.78 is 1.17. The Labute approximate surface area is 158 Å². The summed E-state index contributed by atoms with van der Waals surface area (Å²) in [6, 6.07) is 0.617. The highest BCUT2D eigenvalue weighted by Gasteiger charge is 2.24. The molecule has 4 rings (SSSR count). The molecule has 2 aromatic rings. The number of rotatable bonds is 3. The van der Waals surface area contributed by atoms with Gasteiger partial charge in [-0.1, -0.05) is 19.3 Å². The van der Waals surface area contributed by atoms with Gasteiger partial charge in [-0.15, -0.1) is 11.3 Å². The standard InChI is InChI=1S/C19H27N5OS/c1-13-11-26-17-16(13)20-12-21-18(17)24-9-7-15(8-10-24)23-19(25)22-14-5-3-2-4-6-14/h11-12,14-15H,2-10H2,1H3,(H2,22,23,25). The monoisotopic (exact) mass is 373 g/mol. The number of aromatic nitrogens is 2. The van der Waals surface area contributed by atoms with E-state index in [1.165, 1.54) is 29.5 Å². The number of amides is 2. The van der Waals surface area contributed by atoms with Crippen molar-refractivity contribution in [1.82, 2.24) is 20.6 Å². The number of fused-ring (bicyclic) bond motifs is 1. The number of anilines is 1. The third kappa shape index (κ3) is 3.77. The molecule has 0 spiro atoms. The van der Waals surface area contributed by atoms with E-state index in [0.29, 0.717) is 6.04 Å². The molecular formula is C19H27N5OS. The lowest BCUT2D eigenvalue weighted by Gasteiger charge is -2.33. The maximum absolute atomic E-state index is 12.3. The number of aryl methyl sites for hydroxylation is 1. The first-order valence-electron chi connectivity index (χ1n) is 9.71. The van der Waals surface area contributed by atoms with Gasteiger partial charge in [0.25, 0.3) is 0 Å². The molecule has 0 radical (unpaired) electrons. The molecule has 2 amide bonds. The Morgan fingerprint density at radius 3 is 2.50 bits per heavy atom. The van der Waals surface area contributed by atoms with E-state index in [-0.39, 0.29) is 12.1 Å². The third-order valence-electron chi connectivity index (χ3n) is 5.58. The van der Waals surface area contributed by atoms with E-state index in [1.807, 2.05) is 0 Å². The van der Waals surface area contributed by atoms with Gasteiger partial charge in [-0.25, -0.2) is 14.8 Å². The minimum absolute atomic E-state index is 0.00802. The largest absolute Gasteiger partial charge is 0.355 e. The molecule has 0 unspecified atom stereocenters. The predicted octanol–water partition coefficient (Wildman–Crippen LogP) is 3.60. The smallest absolute Gasteiger partial charge is 0.315 e. The zero-order valence-corrected chi connectivity index (χ0v) is 16.1. The van der Waals surface area contributed by atoms with Crippen molar-refractivity contribution in [3.05, 3.63) is 17.3 Å². The summed E-state index contributed by atoms with van der Waals surface area (Å²) in [6.07, 6.45) is 9.59. The second kappa shape index (κ2) is 7.78. The number of nitrogens with zero attached hydrogens (tertiary/aromatic N) is 3. The zero-order valence-electron chi connectivity index (χ0n) is 15.3. The summed E-state index contributed by atoms with van der Waals surface area (Å²) in [4.78, 5) is 23.5. The van der Waals surface area contributed by atoms with E-state index in [9.17, 15) is 4.79 Å². The SMILES string of the molecule is Cc1csc2c(N3CCC(NC(=O)NC4CCCCC4)CC3)ncnc12. The number of thiophene rings is 1. The van der Waals surface area contributed by atoms with Gasteiger partial charge < -0.3 is 15.5 Å². The van der Waals surface area contributed by atoms with Crippen LogP contribution in [0.1, 0.15) is 50.5 Å². The lowest BCUT2D eigenvalue weighted by molar-refractivity contribution is 0.226. The number of urea groups is 1. The van der Waals surface area contributed by atoms with Gasteiger partial charge in [0.15, 0.2) is 0 Å². The summed E-state index contributed by atoms with van der Waals surface area (Å²) in [6.45, 7) is 3.92. The first kappa shape index (κ1) is 17.5. The van der Waals surface area contributed by atoms with Crippen molar-refractivity contribution < 1.29 is 4.79 Å². The Kier molecular flexibility index (Phi) is 5.24. The lowest BCUT2D eigenvalue weighted by Crippen LogP contribution is -2.50. The van der Waals surface area contributed by atoms with Crippen molar-refractivity contribution in [2.45, 2.75) is 64.0 Å². The summed E-state index contributed by atoms with van der Waals surface area (Å²) in [5.74, 6) is 1.04. The van der Waals surface area contributed by atoms with Crippen LogP contribution in [-0.2, 0) is 0 Å². The molecule has 2 N–H and O–H groups in total. The molecule has 140 valence electrons. The third-order valence-corrected chi connectivity index (χ3v) is 6.67. The van der Waals surface area contributed by atoms with Crippen molar-refractivity contribution in [3.63, 3.8) is 0 Å². The average molecular weight is 374 g/mol. The Balaban J connectivity index is 1.31. The molecule has 6 nitrogen and oxygen atoms in total. The summed E-state index contributed by atoms with van der Waals surface area (Å²) in [5, 5.41) is 8.47. The Bertz CT molecular complexity index is 762. The van der Waals surface area contributed by atoms with Crippen LogP contribution < -0.4 is 15.5 Å². The van der Waals surface area contributed by atoms with Crippen LogP contribution in [0.15, 0.2) is 11.7 Å². The van der Waals surface area contributed by atoms with E-state index in [1.54, 1.807) is 17.7 Å². The highest BCUT2D eigenvalue weighted by molar-refractivity contribution is 7.18. The highest BCUT2D eigenvalue weighted by Crippen LogP contribution is 2.32. The van der Waals surface area contributed by atoms with Gasteiger partial charge in [-0.2, -0.15) is 0 Å². The molecule has 26 heavy (non-hydrogen) atoms. The van der Waals surface area contributed by atoms with E-state index >= 15 is 0 Å². The summed E-state index contributed by atoms with van der Waals surface area (Å²) in [5.41, 5.74) is 2.27. The fraction of sp³-hybridized carbons (Fsp3) is 0.632. The number of carbonyl (C=O) groups excluding carboxylic acids is 1. The summed E-state index contributed by atoms with van der Waals surface area (Å²) in [7, 11) is 0. The zero-order chi connectivity index (χ0) is 17.9. The molecule has 1 aliphatic heterocycles. The van der Waals surface area contributed by atoms with Gasteiger partial charge in [-0.3, -0.25) is 0 Å². The normalized spacial score (nSPS) is 19.7. The maximum Gasteiger partial charge on any atom is 0.315 e. The quantitative estimate of drug-likeness (QED) is 0.862.